The Labute approximate surface area is 127 Å². The minimum absolute atomic E-state index is 0.0675. The fraction of sp³-hybridized carbons (Fsp3) is 0.188. The lowest BCUT2D eigenvalue weighted by Gasteiger charge is -2.16. The highest BCUT2D eigenvalue weighted by molar-refractivity contribution is 5.83. The van der Waals surface area contributed by atoms with Gasteiger partial charge in [-0.1, -0.05) is 18.2 Å². The summed E-state index contributed by atoms with van der Waals surface area (Å²) in [6.07, 6.45) is 3.65. The van der Waals surface area contributed by atoms with Crippen molar-refractivity contribution in [1.82, 2.24) is 19.4 Å². The van der Waals surface area contributed by atoms with Crippen molar-refractivity contribution in [3.05, 3.63) is 54.0 Å². The molecule has 6 heteroatoms. The minimum atomic E-state index is 0.0675. The maximum atomic E-state index is 12.5. The summed E-state index contributed by atoms with van der Waals surface area (Å²) in [4.78, 5) is 22.5. The molecule has 0 saturated heterocycles. The van der Waals surface area contributed by atoms with Crippen molar-refractivity contribution in [1.29, 1.82) is 0 Å². The topological polar surface area (TPSA) is 77.0 Å². The smallest absolute Gasteiger partial charge is 0.243 e. The molecule has 3 aromatic rings. The van der Waals surface area contributed by atoms with Crippen molar-refractivity contribution >= 4 is 22.8 Å². The molecule has 0 radical (unpaired) electrons. The van der Waals surface area contributed by atoms with E-state index in [0.717, 1.165) is 22.2 Å². The Kier molecular flexibility index (Phi) is 2.82. The summed E-state index contributed by atoms with van der Waals surface area (Å²) in [7, 11) is 0. The van der Waals surface area contributed by atoms with Gasteiger partial charge in [0.05, 0.1) is 12.2 Å². The van der Waals surface area contributed by atoms with Gasteiger partial charge < -0.3 is 15.2 Å². The third kappa shape index (κ3) is 2.09. The number of hydrogen-bond donors (Lipinski definition) is 1. The molecule has 0 spiro atoms. The van der Waals surface area contributed by atoms with E-state index in [9.17, 15) is 4.79 Å². The molecule has 1 aliphatic heterocycles. The quantitative estimate of drug-likeness (QED) is 0.778. The van der Waals surface area contributed by atoms with Gasteiger partial charge >= 0.3 is 0 Å². The van der Waals surface area contributed by atoms with Crippen LogP contribution in [0.2, 0.25) is 0 Å². The summed E-state index contributed by atoms with van der Waals surface area (Å²) in [5, 5.41) is 1.14. The molecule has 110 valence electrons. The summed E-state index contributed by atoms with van der Waals surface area (Å²) in [6.45, 7) is 1.37. The first kappa shape index (κ1) is 12.8. The van der Waals surface area contributed by atoms with Crippen LogP contribution < -0.4 is 5.73 Å². The number of anilines is 1. The van der Waals surface area contributed by atoms with Crippen LogP contribution in [-0.4, -0.2) is 25.3 Å². The number of aromatic nitrogens is 3. The van der Waals surface area contributed by atoms with E-state index < -0.39 is 0 Å². The summed E-state index contributed by atoms with van der Waals surface area (Å²) < 4.78 is 1.97. The van der Waals surface area contributed by atoms with E-state index in [1.54, 1.807) is 11.1 Å². The van der Waals surface area contributed by atoms with Crippen LogP contribution in [0.5, 0.6) is 0 Å². The van der Waals surface area contributed by atoms with Crippen LogP contribution in [0.15, 0.2) is 42.7 Å². The van der Waals surface area contributed by atoms with Gasteiger partial charge in [0.1, 0.15) is 6.54 Å². The second-order valence-corrected chi connectivity index (χ2v) is 5.45. The van der Waals surface area contributed by atoms with Gasteiger partial charge in [0.15, 0.2) is 0 Å². The van der Waals surface area contributed by atoms with Crippen LogP contribution in [0.1, 0.15) is 11.3 Å². The maximum absolute atomic E-state index is 12.5. The Morgan fingerprint density at radius 2 is 2.09 bits per heavy atom. The fourth-order valence-corrected chi connectivity index (χ4v) is 2.87. The molecule has 0 fully saturated rings. The number of para-hydroxylation sites is 1. The van der Waals surface area contributed by atoms with Crippen LogP contribution in [-0.2, 0) is 24.4 Å². The van der Waals surface area contributed by atoms with Gasteiger partial charge in [-0.25, -0.2) is 9.97 Å². The molecule has 6 nitrogen and oxygen atoms in total. The predicted molar refractivity (Wildman–Crippen MR) is 82.6 cm³/mol. The lowest BCUT2D eigenvalue weighted by molar-refractivity contribution is -0.132. The van der Waals surface area contributed by atoms with Crippen molar-refractivity contribution in [3.63, 3.8) is 0 Å². The standard InChI is InChI=1S/C16H15N5O/c17-16-18-7-12-8-21(9-13(12)19-16)15(22)10-20-6-5-11-3-1-2-4-14(11)20/h1-7H,8-10H2,(H2,17,18,19). The monoisotopic (exact) mass is 293 g/mol. The summed E-state index contributed by atoms with van der Waals surface area (Å²) >= 11 is 0. The number of benzene rings is 1. The highest BCUT2D eigenvalue weighted by Gasteiger charge is 2.25. The molecule has 0 saturated carbocycles. The number of carbonyl (C=O) groups is 1. The largest absolute Gasteiger partial charge is 0.368 e. The van der Waals surface area contributed by atoms with E-state index in [1.165, 1.54) is 0 Å². The van der Waals surface area contributed by atoms with Gasteiger partial charge in [-0.05, 0) is 17.5 Å². The van der Waals surface area contributed by atoms with E-state index in [-0.39, 0.29) is 11.9 Å². The average molecular weight is 293 g/mol. The third-order valence-corrected chi connectivity index (χ3v) is 4.01. The molecule has 2 aromatic heterocycles. The van der Waals surface area contributed by atoms with Crippen molar-refractivity contribution in [2.75, 3.05) is 5.73 Å². The zero-order valence-electron chi connectivity index (χ0n) is 11.9. The second-order valence-electron chi connectivity index (χ2n) is 5.45. The lowest BCUT2D eigenvalue weighted by Crippen LogP contribution is -2.28. The van der Waals surface area contributed by atoms with Gasteiger partial charge in [0.25, 0.3) is 0 Å². The molecule has 22 heavy (non-hydrogen) atoms. The van der Waals surface area contributed by atoms with Crippen LogP contribution in [0.25, 0.3) is 10.9 Å². The number of hydrogen-bond acceptors (Lipinski definition) is 4. The van der Waals surface area contributed by atoms with Gasteiger partial charge in [0, 0.05) is 30.0 Å². The van der Waals surface area contributed by atoms with Crippen LogP contribution in [0.4, 0.5) is 5.95 Å². The number of carbonyl (C=O) groups excluding carboxylic acids is 1. The number of rotatable bonds is 2. The van der Waals surface area contributed by atoms with Crippen molar-refractivity contribution in [3.8, 4) is 0 Å². The number of fused-ring (bicyclic) bond motifs is 2. The zero-order chi connectivity index (χ0) is 15.1. The molecular formula is C16H15N5O. The molecule has 1 aromatic carbocycles. The Morgan fingerprint density at radius 3 is 3.00 bits per heavy atom. The summed E-state index contributed by atoms with van der Waals surface area (Å²) in [6, 6.07) is 10.1. The summed E-state index contributed by atoms with van der Waals surface area (Å²) in [5.41, 5.74) is 8.48. The molecule has 0 atom stereocenters. The van der Waals surface area contributed by atoms with Crippen molar-refractivity contribution in [2.45, 2.75) is 19.6 Å². The van der Waals surface area contributed by atoms with Gasteiger partial charge in [0.2, 0.25) is 11.9 Å². The SMILES string of the molecule is Nc1ncc2c(n1)CN(C(=O)Cn1ccc3ccccc31)C2. The highest BCUT2D eigenvalue weighted by Crippen LogP contribution is 2.22. The number of nitrogens with two attached hydrogens (primary N) is 1. The minimum Gasteiger partial charge on any atom is -0.368 e. The first-order valence-electron chi connectivity index (χ1n) is 7.12. The molecular weight excluding hydrogens is 278 g/mol. The Bertz CT molecular complexity index is 870. The Balaban J connectivity index is 1.54. The van der Waals surface area contributed by atoms with Gasteiger partial charge in [-0.15, -0.1) is 0 Å². The predicted octanol–water partition coefficient (Wildman–Crippen LogP) is 1.56. The molecule has 3 heterocycles. The van der Waals surface area contributed by atoms with E-state index in [0.29, 0.717) is 19.6 Å². The van der Waals surface area contributed by atoms with Crippen LogP contribution >= 0.6 is 0 Å². The molecule has 4 rings (SSSR count). The number of nitrogens with zero attached hydrogens (tertiary/aromatic N) is 4. The lowest BCUT2D eigenvalue weighted by atomic mass is 10.2. The van der Waals surface area contributed by atoms with Gasteiger partial charge in [-0.3, -0.25) is 4.79 Å². The van der Waals surface area contributed by atoms with Gasteiger partial charge in [-0.2, -0.15) is 0 Å². The molecule has 1 aliphatic rings. The Morgan fingerprint density at radius 1 is 1.23 bits per heavy atom. The molecule has 0 unspecified atom stereocenters. The first-order chi connectivity index (χ1) is 10.7. The van der Waals surface area contributed by atoms with Crippen molar-refractivity contribution in [2.24, 2.45) is 0 Å². The molecule has 2 N–H and O–H groups in total. The number of amides is 1. The maximum Gasteiger partial charge on any atom is 0.243 e. The van der Waals surface area contributed by atoms with E-state index in [4.69, 9.17) is 5.73 Å². The number of nitrogen functional groups attached to an aromatic ring is 1. The van der Waals surface area contributed by atoms with E-state index in [2.05, 4.69) is 9.97 Å². The first-order valence-corrected chi connectivity index (χ1v) is 7.12. The normalized spacial score (nSPS) is 13.5. The summed E-state index contributed by atoms with van der Waals surface area (Å²) in [5.74, 6) is 0.322. The van der Waals surface area contributed by atoms with Crippen LogP contribution in [0.3, 0.4) is 0 Å². The van der Waals surface area contributed by atoms with E-state index in [1.807, 2.05) is 41.1 Å². The molecule has 0 bridgehead atoms. The van der Waals surface area contributed by atoms with Crippen LogP contribution in [0, 0.1) is 0 Å². The highest BCUT2D eigenvalue weighted by atomic mass is 16.2. The average Bonchev–Trinajstić information content (AvgIpc) is 3.11. The Hall–Kier alpha value is -2.89. The fourth-order valence-electron chi connectivity index (χ4n) is 2.87. The van der Waals surface area contributed by atoms with E-state index >= 15 is 0 Å². The van der Waals surface area contributed by atoms with Crippen molar-refractivity contribution < 1.29 is 4.79 Å². The molecule has 1 amide bonds. The third-order valence-electron chi connectivity index (χ3n) is 4.01. The molecule has 0 aliphatic carbocycles. The second kappa shape index (κ2) is 4.84. The zero-order valence-corrected chi connectivity index (χ0v) is 11.9.